The molecule has 1 aliphatic carbocycles. The molecule has 2 aliphatic rings. The Balaban J connectivity index is 1.35. The number of sulfonamides is 1. The fourth-order valence-corrected chi connectivity index (χ4v) is 6.12. The third-order valence-electron chi connectivity index (χ3n) is 6.57. The Morgan fingerprint density at radius 2 is 1.78 bits per heavy atom. The van der Waals surface area contributed by atoms with Crippen molar-refractivity contribution in [1.29, 1.82) is 0 Å². The molecule has 0 N–H and O–H groups in total. The number of hydrogen-bond acceptors (Lipinski definition) is 4. The van der Waals surface area contributed by atoms with Gasteiger partial charge in [0.1, 0.15) is 5.82 Å². The van der Waals surface area contributed by atoms with Crippen LogP contribution in [0.2, 0.25) is 0 Å². The highest BCUT2D eigenvalue weighted by atomic mass is 32.2. The van der Waals surface area contributed by atoms with Crippen molar-refractivity contribution in [3.05, 3.63) is 65.0 Å². The highest BCUT2D eigenvalue weighted by molar-refractivity contribution is 7.89. The fourth-order valence-electron chi connectivity index (χ4n) is 4.65. The second kappa shape index (κ2) is 9.29. The lowest BCUT2D eigenvalue weighted by atomic mass is 10.1. The van der Waals surface area contributed by atoms with E-state index in [1.807, 2.05) is 24.0 Å². The summed E-state index contributed by atoms with van der Waals surface area (Å²) >= 11 is 0. The van der Waals surface area contributed by atoms with E-state index in [1.54, 1.807) is 30.1 Å². The number of amides is 1. The van der Waals surface area contributed by atoms with Crippen LogP contribution in [0, 0.1) is 5.82 Å². The van der Waals surface area contributed by atoms with Crippen LogP contribution >= 0.6 is 0 Å². The van der Waals surface area contributed by atoms with Gasteiger partial charge in [-0.05, 0) is 67.1 Å². The van der Waals surface area contributed by atoms with Crippen LogP contribution in [0.15, 0.2) is 47.4 Å². The van der Waals surface area contributed by atoms with Gasteiger partial charge in [0.05, 0.1) is 10.9 Å². The molecule has 2 aromatic rings. The zero-order valence-corrected chi connectivity index (χ0v) is 19.4. The van der Waals surface area contributed by atoms with E-state index in [0.29, 0.717) is 37.6 Å². The molecule has 4 rings (SSSR count). The number of likely N-dealkylation sites (N-methyl/N-ethyl adjacent to an activating group) is 1. The molecule has 1 fully saturated rings. The van der Waals surface area contributed by atoms with E-state index in [-0.39, 0.29) is 17.8 Å². The van der Waals surface area contributed by atoms with Crippen molar-refractivity contribution >= 4 is 15.9 Å². The van der Waals surface area contributed by atoms with Gasteiger partial charge in [-0.1, -0.05) is 18.2 Å². The first-order valence-corrected chi connectivity index (χ1v) is 12.5. The first-order chi connectivity index (χ1) is 15.3. The minimum Gasteiger partial charge on any atom is -0.340 e. The van der Waals surface area contributed by atoms with Gasteiger partial charge in [0, 0.05) is 39.8 Å². The van der Waals surface area contributed by atoms with Gasteiger partial charge in [0.2, 0.25) is 15.9 Å². The van der Waals surface area contributed by atoms with Crippen molar-refractivity contribution in [3.8, 4) is 0 Å². The third-order valence-corrected chi connectivity index (χ3v) is 8.47. The molecule has 0 radical (unpaired) electrons. The normalized spacial score (nSPS) is 18.3. The maximum absolute atomic E-state index is 13.4. The molecule has 1 aliphatic heterocycles. The topological polar surface area (TPSA) is 60.9 Å². The molecule has 1 heterocycles. The predicted octanol–water partition coefficient (Wildman–Crippen LogP) is 2.67. The number of benzene rings is 2. The molecule has 1 saturated heterocycles. The zero-order chi connectivity index (χ0) is 22.9. The summed E-state index contributed by atoms with van der Waals surface area (Å²) in [5.74, 6) is -0.388. The Morgan fingerprint density at radius 1 is 1.06 bits per heavy atom. The first kappa shape index (κ1) is 22.9. The zero-order valence-electron chi connectivity index (χ0n) is 18.6. The SMILES string of the molecule is C[C@H](C(=O)N(C)Cc1cccc(F)c1)N1CCN(S(=O)(=O)c2ccc3c(c2)CCC3)CC1. The molecular weight excluding hydrogens is 429 g/mol. The van der Waals surface area contributed by atoms with E-state index in [1.165, 1.54) is 22.0 Å². The number of carbonyl (C=O) groups excluding carboxylic acids is 1. The Labute approximate surface area is 189 Å². The highest BCUT2D eigenvalue weighted by Gasteiger charge is 2.33. The minimum atomic E-state index is -3.54. The molecule has 0 spiro atoms. The maximum Gasteiger partial charge on any atom is 0.243 e. The van der Waals surface area contributed by atoms with Crippen molar-refractivity contribution in [1.82, 2.24) is 14.1 Å². The number of rotatable bonds is 6. The molecular formula is C24H30FN3O3S. The second-order valence-electron chi connectivity index (χ2n) is 8.72. The quantitative estimate of drug-likeness (QED) is 0.667. The van der Waals surface area contributed by atoms with Gasteiger partial charge < -0.3 is 4.90 Å². The van der Waals surface area contributed by atoms with E-state index >= 15 is 0 Å². The van der Waals surface area contributed by atoms with Crippen LogP contribution < -0.4 is 0 Å². The Bertz CT molecular complexity index is 1100. The summed E-state index contributed by atoms with van der Waals surface area (Å²) in [7, 11) is -1.83. The summed E-state index contributed by atoms with van der Waals surface area (Å²) in [6.45, 7) is 3.85. The van der Waals surface area contributed by atoms with Crippen LogP contribution in [0.4, 0.5) is 4.39 Å². The van der Waals surface area contributed by atoms with Crippen molar-refractivity contribution < 1.29 is 17.6 Å². The monoisotopic (exact) mass is 459 g/mol. The lowest BCUT2D eigenvalue weighted by molar-refractivity contribution is -0.136. The first-order valence-electron chi connectivity index (χ1n) is 11.1. The number of halogens is 1. The largest absolute Gasteiger partial charge is 0.340 e. The van der Waals surface area contributed by atoms with Crippen LogP contribution in [0.25, 0.3) is 0 Å². The van der Waals surface area contributed by atoms with Gasteiger partial charge in [-0.2, -0.15) is 4.31 Å². The van der Waals surface area contributed by atoms with E-state index in [0.717, 1.165) is 30.4 Å². The van der Waals surface area contributed by atoms with E-state index in [4.69, 9.17) is 0 Å². The fraction of sp³-hybridized carbons (Fsp3) is 0.458. The Morgan fingerprint density at radius 3 is 2.50 bits per heavy atom. The molecule has 172 valence electrons. The molecule has 1 amide bonds. The summed E-state index contributed by atoms with van der Waals surface area (Å²) in [6.07, 6.45) is 3.04. The molecule has 6 nitrogen and oxygen atoms in total. The maximum atomic E-state index is 13.4. The van der Waals surface area contributed by atoms with E-state index in [2.05, 4.69) is 0 Å². The van der Waals surface area contributed by atoms with Gasteiger partial charge in [-0.25, -0.2) is 12.8 Å². The minimum absolute atomic E-state index is 0.0656. The molecule has 0 bridgehead atoms. The Kier molecular flexibility index (Phi) is 6.65. The third kappa shape index (κ3) is 4.72. The van der Waals surface area contributed by atoms with Gasteiger partial charge >= 0.3 is 0 Å². The highest BCUT2D eigenvalue weighted by Crippen LogP contribution is 2.27. The van der Waals surface area contributed by atoms with Gasteiger partial charge in [0.25, 0.3) is 0 Å². The van der Waals surface area contributed by atoms with Crippen LogP contribution in [-0.2, 0) is 34.2 Å². The van der Waals surface area contributed by atoms with E-state index in [9.17, 15) is 17.6 Å². The number of aryl methyl sites for hydroxylation is 2. The summed E-state index contributed by atoms with van der Waals surface area (Å²) in [4.78, 5) is 16.9. The number of nitrogens with zero attached hydrogens (tertiary/aromatic N) is 3. The molecule has 0 unspecified atom stereocenters. The lowest BCUT2D eigenvalue weighted by Gasteiger charge is -2.38. The molecule has 8 heteroatoms. The smallest absolute Gasteiger partial charge is 0.243 e. The standard InChI is InChI=1S/C24H30FN3O3S/c1-18(24(29)26(2)17-19-5-3-8-22(25)15-19)27-11-13-28(14-12-27)32(30,31)23-10-9-20-6-4-7-21(20)16-23/h3,5,8-10,15-16,18H,4,6-7,11-14,17H2,1-2H3/t18-/m1/s1. The summed E-state index contributed by atoms with van der Waals surface area (Å²) < 4.78 is 41.2. The average molecular weight is 460 g/mol. The number of fused-ring (bicyclic) bond motifs is 1. The molecule has 1 atom stereocenters. The lowest BCUT2D eigenvalue weighted by Crippen LogP contribution is -2.54. The number of carbonyl (C=O) groups is 1. The van der Waals surface area contributed by atoms with Gasteiger partial charge in [0.15, 0.2) is 0 Å². The van der Waals surface area contributed by atoms with Crippen LogP contribution in [-0.4, -0.2) is 67.7 Å². The molecule has 0 saturated carbocycles. The van der Waals surface area contributed by atoms with Gasteiger partial charge in [-0.15, -0.1) is 0 Å². The summed E-state index contributed by atoms with van der Waals surface area (Å²) in [5.41, 5.74) is 3.13. The van der Waals surface area contributed by atoms with Crippen LogP contribution in [0.1, 0.15) is 30.0 Å². The van der Waals surface area contributed by atoms with Crippen LogP contribution in [0.5, 0.6) is 0 Å². The van der Waals surface area contributed by atoms with Gasteiger partial charge in [-0.3, -0.25) is 9.69 Å². The Hall–Kier alpha value is -2.29. The summed E-state index contributed by atoms with van der Waals surface area (Å²) in [6, 6.07) is 11.4. The number of hydrogen-bond donors (Lipinski definition) is 0. The average Bonchev–Trinajstić information content (AvgIpc) is 3.26. The van der Waals surface area contributed by atoms with Crippen LogP contribution in [0.3, 0.4) is 0 Å². The van der Waals surface area contributed by atoms with Crippen molar-refractivity contribution in [3.63, 3.8) is 0 Å². The van der Waals surface area contributed by atoms with E-state index < -0.39 is 10.0 Å². The number of piperazine rings is 1. The summed E-state index contributed by atoms with van der Waals surface area (Å²) in [5, 5.41) is 0. The second-order valence-corrected chi connectivity index (χ2v) is 10.7. The van der Waals surface area contributed by atoms with Crippen molar-refractivity contribution in [2.24, 2.45) is 0 Å². The van der Waals surface area contributed by atoms with Crippen molar-refractivity contribution in [2.45, 2.75) is 43.7 Å². The molecule has 32 heavy (non-hydrogen) atoms. The molecule has 0 aromatic heterocycles. The van der Waals surface area contributed by atoms with Crippen molar-refractivity contribution in [2.75, 3.05) is 33.2 Å². The predicted molar refractivity (Wildman–Crippen MR) is 121 cm³/mol. The molecule has 2 aromatic carbocycles.